The Balaban J connectivity index is 0.949. The molecule has 2 aliphatic rings. The lowest BCUT2D eigenvalue weighted by atomic mass is 9.98. The molecular weight excluding hydrogens is 805 g/mol. The summed E-state index contributed by atoms with van der Waals surface area (Å²) in [6.45, 7) is 3.21. The zero-order valence-corrected chi connectivity index (χ0v) is 35.5. The minimum Gasteiger partial charge on any atom is -0.453 e. The lowest BCUT2D eigenvalue weighted by Crippen LogP contribution is -2.54. The van der Waals surface area contributed by atoms with Crippen LogP contribution in [-0.2, 0) is 28.5 Å². The average Bonchev–Trinajstić information content (AvgIpc) is 4.14. The molecule has 2 fully saturated rings. The van der Waals surface area contributed by atoms with Gasteiger partial charge in [-0.1, -0.05) is 78.9 Å². The fourth-order valence-corrected chi connectivity index (χ4v) is 8.31. The van der Waals surface area contributed by atoms with Gasteiger partial charge in [-0.2, -0.15) is 0 Å². The molecule has 4 heterocycles. The van der Waals surface area contributed by atoms with E-state index in [1.165, 1.54) is 21.3 Å². The Hall–Kier alpha value is -7.04. The smallest absolute Gasteiger partial charge is 0.407 e. The van der Waals surface area contributed by atoms with E-state index in [9.17, 15) is 19.2 Å². The number of amides is 4. The average molecular weight is 855 g/mol. The first-order valence-corrected chi connectivity index (χ1v) is 20.9. The standard InChI is InChI=1S/C47H50N8O8/c1-28(60-2)40(52-46(58)61-3)44(56)54-20-8-11-38(54)42-48-26-37(51-42)35-19-18-33-23-32(16-17-34(33)24-35)29-12-14-30(15-13-29)36-25-49-43(50-36)39-27-63-22-21-55(39)45(57)41(53-47(59)62-4)31-9-6-5-7-10-31/h5-7,9-10,12-19,23-26,28,38-41H,8,11,20-22,27H2,1-4H3,(H,48,51)(H,49,50)(H,52,58)(H,53,59)/t28-,38+,39+,40+,41-/m1/s1. The second-order valence-electron chi connectivity index (χ2n) is 15.6. The topological polar surface area (TPSA) is 193 Å². The lowest BCUT2D eigenvalue weighted by molar-refractivity contribution is -0.143. The van der Waals surface area contributed by atoms with Gasteiger partial charge in [0.25, 0.3) is 5.91 Å². The number of morpholine rings is 1. The number of imidazole rings is 2. The highest BCUT2D eigenvalue weighted by molar-refractivity contribution is 5.91. The molecule has 8 rings (SSSR count). The van der Waals surface area contributed by atoms with Gasteiger partial charge >= 0.3 is 12.2 Å². The second-order valence-corrected chi connectivity index (χ2v) is 15.6. The third-order valence-corrected chi connectivity index (χ3v) is 11.8. The third kappa shape index (κ3) is 9.13. The molecule has 0 saturated carbocycles. The predicted octanol–water partition coefficient (Wildman–Crippen LogP) is 6.71. The van der Waals surface area contributed by atoms with Crippen LogP contribution in [0, 0.1) is 0 Å². The minimum absolute atomic E-state index is 0.250. The van der Waals surface area contributed by atoms with Crippen molar-refractivity contribution in [3.05, 3.63) is 121 Å². The van der Waals surface area contributed by atoms with Crippen LogP contribution in [0.5, 0.6) is 0 Å². The molecule has 16 heteroatoms. The molecule has 0 spiro atoms. The second kappa shape index (κ2) is 18.9. The molecule has 4 N–H and O–H groups in total. The molecule has 2 aliphatic heterocycles. The van der Waals surface area contributed by atoms with Gasteiger partial charge in [0.1, 0.15) is 29.8 Å². The molecule has 2 aromatic heterocycles. The Morgan fingerprint density at radius 1 is 0.698 bits per heavy atom. The molecule has 4 aromatic carbocycles. The van der Waals surface area contributed by atoms with Crippen molar-refractivity contribution < 1.29 is 38.1 Å². The Morgan fingerprint density at radius 2 is 1.29 bits per heavy atom. The largest absolute Gasteiger partial charge is 0.453 e. The van der Waals surface area contributed by atoms with E-state index in [2.05, 4.69) is 74.1 Å². The predicted molar refractivity (Wildman–Crippen MR) is 234 cm³/mol. The number of hydrogen-bond acceptors (Lipinski definition) is 10. The van der Waals surface area contributed by atoms with E-state index < -0.39 is 36.4 Å². The van der Waals surface area contributed by atoms with E-state index in [1.54, 1.807) is 41.2 Å². The Bertz CT molecular complexity index is 2580. The van der Waals surface area contributed by atoms with Gasteiger partial charge in [0.2, 0.25) is 5.91 Å². The van der Waals surface area contributed by atoms with Crippen LogP contribution >= 0.6 is 0 Å². The summed E-state index contributed by atoms with van der Waals surface area (Å²) in [7, 11) is 4.02. The van der Waals surface area contributed by atoms with Crippen molar-refractivity contribution in [3.63, 3.8) is 0 Å². The molecule has 6 aromatic rings. The van der Waals surface area contributed by atoms with E-state index in [0.717, 1.165) is 57.3 Å². The quantitative estimate of drug-likeness (QED) is 0.103. The van der Waals surface area contributed by atoms with Gasteiger partial charge in [-0.25, -0.2) is 19.6 Å². The molecule has 4 amide bonds. The third-order valence-electron chi connectivity index (χ3n) is 11.8. The molecule has 0 aliphatic carbocycles. The van der Waals surface area contributed by atoms with Crippen molar-refractivity contribution in [2.24, 2.45) is 0 Å². The summed E-state index contributed by atoms with van der Waals surface area (Å²) in [5.41, 5.74) is 6.27. The lowest BCUT2D eigenvalue weighted by Gasteiger charge is -2.36. The number of nitrogens with one attached hydrogen (secondary N) is 4. The molecule has 63 heavy (non-hydrogen) atoms. The first-order chi connectivity index (χ1) is 30.6. The number of hydrogen-bond donors (Lipinski definition) is 4. The molecule has 0 unspecified atom stereocenters. The summed E-state index contributed by atoms with van der Waals surface area (Å²) < 4.78 is 20.8. The number of carbonyl (C=O) groups excluding carboxylic acids is 4. The summed E-state index contributed by atoms with van der Waals surface area (Å²) >= 11 is 0. The van der Waals surface area contributed by atoms with Gasteiger partial charge in [0.05, 0.1) is 63.4 Å². The van der Waals surface area contributed by atoms with Crippen molar-refractivity contribution in [2.45, 2.75) is 50.0 Å². The Labute approximate surface area is 364 Å². The van der Waals surface area contributed by atoms with Crippen molar-refractivity contribution in [3.8, 4) is 33.6 Å². The maximum Gasteiger partial charge on any atom is 0.407 e. The van der Waals surface area contributed by atoms with Crippen LogP contribution in [0.4, 0.5) is 9.59 Å². The SMILES string of the molecule is COC(=O)N[C@H](C(=O)N1CCC[C@H]1c1ncc(-c2ccc3cc(-c4ccc(-c5cnc([C@@H]6COCCN6C(=O)[C@H](NC(=O)OC)c6ccccc6)[nH]5)cc4)ccc3c2)[nH]1)[C@@H](C)OC. The maximum absolute atomic E-state index is 14.0. The van der Waals surface area contributed by atoms with Crippen molar-refractivity contribution in [2.75, 3.05) is 47.6 Å². The van der Waals surface area contributed by atoms with Crippen LogP contribution in [-0.4, -0.2) is 114 Å². The molecule has 2 saturated heterocycles. The number of fused-ring (bicyclic) bond motifs is 1. The highest BCUT2D eigenvalue weighted by Gasteiger charge is 2.39. The van der Waals surface area contributed by atoms with E-state index >= 15 is 0 Å². The van der Waals surface area contributed by atoms with E-state index in [1.807, 2.05) is 30.3 Å². The van der Waals surface area contributed by atoms with Gasteiger partial charge in [-0.15, -0.1) is 0 Å². The van der Waals surface area contributed by atoms with E-state index in [-0.39, 0.29) is 24.5 Å². The number of benzene rings is 4. The fourth-order valence-electron chi connectivity index (χ4n) is 8.31. The number of methoxy groups -OCH3 is 3. The maximum atomic E-state index is 14.0. The number of H-pyrrole nitrogens is 2. The van der Waals surface area contributed by atoms with Crippen LogP contribution in [0.25, 0.3) is 44.4 Å². The van der Waals surface area contributed by atoms with Gasteiger partial charge in [0, 0.05) is 25.8 Å². The normalized spacial score (nSPS) is 17.8. The molecule has 0 radical (unpaired) electrons. The number of aromatic amines is 2. The van der Waals surface area contributed by atoms with Crippen LogP contribution in [0.15, 0.2) is 103 Å². The number of likely N-dealkylation sites (tertiary alicyclic amines) is 1. The Kier molecular flexibility index (Phi) is 12.8. The number of carbonyl (C=O) groups is 4. The van der Waals surface area contributed by atoms with Crippen LogP contribution < -0.4 is 10.6 Å². The molecule has 326 valence electrons. The minimum atomic E-state index is -0.943. The molecule has 0 bridgehead atoms. The zero-order chi connectivity index (χ0) is 44.0. The Morgan fingerprint density at radius 3 is 1.97 bits per heavy atom. The van der Waals surface area contributed by atoms with Gasteiger partial charge < -0.3 is 49.3 Å². The number of aromatic nitrogens is 4. The summed E-state index contributed by atoms with van der Waals surface area (Å²) in [5, 5.41) is 7.46. The first-order valence-electron chi connectivity index (χ1n) is 20.9. The highest BCUT2D eigenvalue weighted by Crippen LogP contribution is 2.35. The zero-order valence-electron chi connectivity index (χ0n) is 35.5. The van der Waals surface area contributed by atoms with Crippen molar-refractivity contribution in [1.82, 2.24) is 40.4 Å². The van der Waals surface area contributed by atoms with Gasteiger partial charge in [-0.05, 0) is 64.9 Å². The van der Waals surface area contributed by atoms with Crippen molar-refractivity contribution in [1.29, 1.82) is 0 Å². The van der Waals surface area contributed by atoms with Crippen LogP contribution in [0.1, 0.15) is 55.1 Å². The van der Waals surface area contributed by atoms with E-state index in [4.69, 9.17) is 23.9 Å². The monoisotopic (exact) mass is 854 g/mol. The van der Waals surface area contributed by atoms with Crippen LogP contribution in [0.3, 0.4) is 0 Å². The summed E-state index contributed by atoms with van der Waals surface area (Å²) in [6, 6.07) is 27.3. The summed E-state index contributed by atoms with van der Waals surface area (Å²) in [4.78, 5) is 71.7. The molecular formula is C47H50N8O8. The molecule has 5 atom stereocenters. The molecule has 16 nitrogen and oxygen atoms in total. The summed E-state index contributed by atoms with van der Waals surface area (Å²) in [5.74, 6) is 0.730. The first kappa shape index (κ1) is 42.6. The van der Waals surface area contributed by atoms with E-state index in [0.29, 0.717) is 36.9 Å². The van der Waals surface area contributed by atoms with Crippen LogP contribution in [0.2, 0.25) is 0 Å². The van der Waals surface area contributed by atoms with Gasteiger partial charge in [-0.3, -0.25) is 9.59 Å². The fraction of sp³-hybridized carbons (Fsp3) is 0.319. The number of rotatable bonds is 12. The number of alkyl carbamates (subject to hydrolysis) is 2. The van der Waals surface area contributed by atoms with Crippen molar-refractivity contribution >= 4 is 34.8 Å². The summed E-state index contributed by atoms with van der Waals surface area (Å²) in [6.07, 6.45) is 3.13. The van der Waals surface area contributed by atoms with Gasteiger partial charge in [0.15, 0.2) is 0 Å². The number of nitrogens with zero attached hydrogens (tertiary/aromatic N) is 4. The highest BCUT2D eigenvalue weighted by atomic mass is 16.5. The number of ether oxygens (including phenoxy) is 4.